The zero-order chi connectivity index (χ0) is 18.5. The third-order valence-electron chi connectivity index (χ3n) is 2.89. The van der Waals surface area contributed by atoms with Crippen LogP contribution in [0.5, 0.6) is 0 Å². The van der Waals surface area contributed by atoms with E-state index >= 15 is 0 Å². The Balaban J connectivity index is 3.15. The third kappa shape index (κ3) is 5.77. The summed E-state index contributed by atoms with van der Waals surface area (Å²) in [5.74, 6) is -0.953. The van der Waals surface area contributed by atoms with E-state index in [0.29, 0.717) is 0 Å². The van der Waals surface area contributed by atoms with Crippen molar-refractivity contribution in [1.29, 1.82) is 0 Å². The molecular formula is C12H13Cl2FN2O6S. The Morgan fingerprint density at radius 3 is 2.29 bits per heavy atom. The SMILES string of the molecule is CS(=O)(=O)c1ccc(C(O[N+](=O)[O-])C(CF)NC(=O)C(Cl)Cl)cc1. The van der Waals surface area contributed by atoms with Crippen molar-refractivity contribution in [2.75, 3.05) is 12.9 Å². The Kier molecular flexibility index (Phi) is 7.18. The molecule has 0 saturated carbocycles. The third-order valence-corrected chi connectivity index (χ3v) is 4.42. The number of rotatable bonds is 8. The van der Waals surface area contributed by atoms with Gasteiger partial charge in [-0.2, -0.15) is 0 Å². The van der Waals surface area contributed by atoms with Crippen molar-refractivity contribution >= 4 is 38.9 Å². The van der Waals surface area contributed by atoms with Crippen LogP contribution in [0.2, 0.25) is 0 Å². The second-order valence-corrected chi connectivity index (χ2v) is 7.77. The van der Waals surface area contributed by atoms with Crippen LogP contribution < -0.4 is 5.32 Å². The summed E-state index contributed by atoms with van der Waals surface area (Å²) >= 11 is 10.7. The standard InChI is InChI=1S/C12H13Cl2FN2O6S/c1-24(21,22)8-4-2-7(3-5-8)10(23-17(19)20)9(6-15)16-12(18)11(13)14/h2-5,9-11H,6H2,1H3,(H,16,18). The molecule has 0 aromatic heterocycles. The van der Waals surface area contributed by atoms with Crippen LogP contribution in [0.15, 0.2) is 29.2 Å². The van der Waals surface area contributed by atoms with Gasteiger partial charge in [0.05, 0.1) is 10.9 Å². The lowest BCUT2D eigenvalue weighted by atomic mass is 10.0. The van der Waals surface area contributed by atoms with Gasteiger partial charge in [-0.05, 0) is 17.7 Å². The topological polar surface area (TPSA) is 116 Å². The van der Waals surface area contributed by atoms with Gasteiger partial charge in [0.1, 0.15) is 6.67 Å². The lowest BCUT2D eigenvalue weighted by molar-refractivity contribution is -0.771. The predicted octanol–water partition coefficient (Wildman–Crippen LogP) is 1.60. The highest BCUT2D eigenvalue weighted by Crippen LogP contribution is 2.24. The average molecular weight is 403 g/mol. The number of hydrogen-bond acceptors (Lipinski definition) is 6. The van der Waals surface area contributed by atoms with E-state index in [9.17, 15) is 27.7 Å². The second-order valence-electron chi connectivity index (χ2n) is 4.66. The minimum atomic E-state index is -3.48. The Bertz CT molecular complexity index is 698. The van der Waals surface area contributed by atoms with Crippen LogP contribution in [0.3, 0.4) is 0 Å². The first kappa shape index (κ1) is 20.4. The highest BCUT2D eigenvalue weighted by molar-refractivity contribution is 7.90. The molecule has 1 aromatic rings. The van der Waals surface area contributed by atoms with Gasteiger partial charge in [-0.15, -0.1) is 10.1 Å². The van der Waals surface area contributed by atoms with Crippen molar-refractivity contribution in [3.05, 3.63) is 39.9 Å². The summed E-state index contributed by atoms with van der Waals surface area (Å²) in [4.78, 5) is 25.0. The van der Waals surface area contributed by atoms with Gasteiger partial charge in [-0.1, -0.05) is 35.3 Å². The fourth-order valence-corrected chi connectivity index (χ4v) is 2.56. The van der Waals surface area contributed by atoms with Crippen molar-refractivity contribution in [3.63, 3.8) is 0 Å². The number of nitrogens with zero attached hydrogens (tertiary/aromatic N) is 1. The molecule has 1 aromatic carbocycles. The van der Waals surface area contributed by atoms with Crippen LogP contribution >= 0.6 is 23.2 Å². The van der Waals surface area contributed by atoms with E-state index in [1.54, 1.807) is 0 Å². The van der Waals surface area contributed by atoms with Gasteiger partial charge in [0.15, 0.2) is 20.8 Å². The Labute approximate surface area is 146 Å². The number of carbonyl (C=O) groups excluding carboxylic acids is 1. The maximum Gasteiger partial charge on any atom is 0.295 e. The van der Waals surface area contributed by atoms with Crippen molar-refractivity contribution in [3.8, 4) is 0 Å². The van der Waals surface area contributed by atoms with Gasteiger partial charge in [-0.3, -0.25) is 4.79 Å². The molecule has 0 bridgehead atoms. The number of nitrogens with one attached hydrogen (secondary N) is 1. The predicted molar refractivity (Wildman–Crippen MR) is 83.8 cm³/mol. The molecule has 0 spiro atoms. The molecule has 1 N–H and O–H groups in total. The molecule has 2 unspecified atom stereocenters. The molecule has 1 amide bonds. The summed E-state index contributed by atoms with van der Waals surface area (Å²) in [5, 5.41) is 11.6. The highest BCUT2D eigenvalue weighted by atomic mass is 35.5. The van der Waals surface area contributed by atoms with Crippen LogP contribution in [0.25, 0.3) is 0 Å². The first-order valence-corrected chi connectivity index (χ1v) is 9.08. The van der Waals surface area contributed by atoms with Crippen molar-refractivity contribution in [1.82, 2.24) is 5.32 Å². The molecule has 0 aliphatic heterocycles. The summed E-state index contributed by atoms with van der Waals surface area (Å²) in [6, 6.07) is 3.36. The zero-order valence-electron chi connectivity index (χ0n) is 12.2. The van der Waals surface area contributed by atoms with Crippen LogP contribution in [0, 0.1) is 10.1 Å². The van der Waals surface area contributed by atoms with Crippen LogP contribution in [-0.4, -0.2) is 43.2 Å². The van der Waals surface area contributed by atoms with Crippen molar-refractivity contribution < 1.29 is 27.5 Å². The normalized spacial score (nSPS) is 14.0. The fourth-order valence-electron chi connectivity index (χ4n) is 1.80. The number of alkyl halides is 3. The van der Waals surface area contributed by atoms with Crippen molar-refractivity contribution in [2.45, 2.75) is 21.9 Å². The van der Waals surface area contributed by atoms with Gasteiger partial charge in [0, 0.05) is 6.26 Å². The molecular weight excluding hydrogens is 390 g/mol. The van der Waals surface area contributed by atoms with Gasteiger partial charge >= 0.3 is 0 Å². The molecule has 134 valence electrons. The molecule has 24 heavy (non-hydrogen) atoms. The molecule has 0 saturated heterocycles. The van der Waals surface area contributed by atoms with E-state index in [4.69, 9.17) is 23.2 Å². The number of carbonyl (C=O) groups is 1. The first-order chi connectivity index (χ1) is 11.1. The first-order valence-electron chi connectivity index (χ1n) is 6.32. The average Bonchev–Trinajstić information content (AvgIpc) is 2.49. The second kappa shape index (κ2) is 8.45. The minimum absolute atomic E-state index is 0.0338. The number of sulfone groups is 1. The summed E-state index contributed by atoms with van der Waals surface area (Å²) in [6.45, 7) is -1.21. The zero-order valence-corrected chi connectivity index (χ0v) is 14.5. The lowest BCUT2D eigenvalue weighted by Crippen LogP contribution is -2.44. The molecule has 0 radical (unpaired) electrons. The lowest BCUT2D eigenvalue weighted by Gasteiger charge is -2.24. The van der Waals surface area contributed by atoms with Crippen LogP contribution in [0.1, 0.15) is 11.7 Å². The summed E-state index contributed by atoms with van der Waals surface area (Å²) in [5.41, 5.74) is 0.0859. The molecule has 2 atom stereocenters. The van der Waals surface area contributed by atoms with E-state index in [1.807, 2.05) is 0 Å². The quantitative estimate of drug-likeness (QED) is 0.401. The summed E-state index contributed by atoms with van der Waals surface area (Å²) in [6.07, 6.45) is -0.534. The molecule has 0 heterocycles. The van der Waals surface area contributed by atoms with E-state index in [1.165, 1.54) is 24.3 Å². The minimum Gasteiger partial charge on any atom is -0.346 e. The molecule has 0 aliphatic carbocycles. The van der Waals surface area contributed by atoms with Gasteiger partial charge in [-0.25, -0.2) is 12.8 Å². The number of hydrogen-bond donors (Lipinski definition) is 1. The Hall–Kier alpha value is -1.65. The highest BCUT2D eigenvalue weighted by Gasteiger charge is 2.30. The number of halogens is 3. The van der Waals surface area contributed by atoms with E-state index in [2.05, 4.69) is 10.2 Å². The van der Waals surface area contributed by atoms with Crippen LogP contribution in [0.4, 0.5) is 4.39 Å². The smallest absolute Gasteiger partial charge is 0.295 e. The molecule has 0 fully saturated rings. The molecule has 1 rings (SSSR count). The Morgan fingerprint density at radius 2 is 1.92 bits per heavy atom. The maximum atomic E-state index is 13.2. The largest absolute Gasteiger partial charge is 0.346 e. The van der Waals surface area contributed by atoms with Crippen LogP contribution in [-0.2, 0) is 19.5 Å². The van der Waals surface area contributed by atoms with E-state index in [0.717, 1.165) is 6.26 Å². The Morgan fingerprint density at radius 1 is 1.38 bits per heavy atom. The monoisotopic (exact) mass is 402 g/mol. The molecule has 8 nitrogen and oxygen atoms in total. The molecule has 12 heteroatoms. The van der Waals surface area contributed by atoms with E-state index < -0.39 is 44.5 Å². The van der Waals surface area contributed by atoms with Crippen molar-refractivity contribution in [2.24, 2.45) is 0 Å². The van der Waals surface area contributed by atoms with Gasteiger partial charge in [0.2, 0.25) is 0 Å². The van der Waals surface area contributed by atoms with Gasteiger partial charge in [0.25, 0.3) is 11.0 Å². The van der Waals surface area contributed by atoms with E-state index in [-0.39, 0.29) is 10.5 Å². The number of benzene rings is 1. The summed E-state index contributed by atoms with van der Waals surface area (Å²) < 4.78 is 36.1. The molecule has 0 aliphatic rings. The maximum absolute atomic E-state index is 13.2. The summed E-state index contributed by atoms with van der Waals surface area (Å²) in [7, 11) is -3.48. The van der Waals surface area contributed by atoms with Gasteiger partial charge < -0.3 is 10.2 Å². The number of amides is 1. The fraction of sp³-hybridized carbons (Fsp3) is 0.417.